The van der Waals surface area contributed by atoms with Crippen LogP contribution in [0.3, 0.4) is 0 Å². The van der Waals surface area contributed by atoms with Crippen LogP contribution in [-0.4, -0.2) is 56.1 Å². The molecule has 0 spiro atoms. The molecule has 3 nitrogen and oxygen atoms in total. The van der Waals surface area contributed by atoms with Gasteiger partial charge in [0.2, 0.25) is 0 Å². The average molecular weight is 211 g/mol. The van der Waals surface area contributed by atoms with Crippen LogP contribution in [0.4, 0.5) is 0 Å². The van der Waals surface area contributed by atoms with E-state index in [-0.39, 0.29) is 0 Å². The quantitative estimate of drug-likeness (QED) is 0.704. The molecule has 0 atom stereocenters. The average Bonchev–Trinajstić information content (AvgIpc) is 2.80. The molecular weight excluding hydrogens is 186 g/mol. The maximum atomic E-state index is 5.80. The predicted molar refractivity (Wildman–Crippen MR) is 63.9 cm³/mol. The van der Waals surface area contributed by atoms with E-state index in [2.05, 4.69) is 16.8 Å². The number of likely N-dealkylation sites (tertiary alicyclic amines) is 1. The highest BCUT2D eigenvalue weighted by Gasteiger charge is 2.41. The molecule has 1 saturated carbocycles. The van der Waals surface area contributed by atoms with Crippen molar-refractivity contribution in [3.63, 3.8) is 0 Å². The zero-order valence-electron chi connectivity index (χ0n) is 10.0. The monoisotopic (exact) mass is 211 g/mol. The normalized spacial score (nSPS) is 25.0. The molecule has 0 aromatic rings. The van der Waals surface area contributed by atoms with Crippen molar-refractivity contribution >= 4 is 0 Å². The Morgan fingerprint density at radius 2 is 1.93 bits per heavy atom. The first-order valence-electron chi connectivity index (χ1n) is 6.35. The van der Waals surface area contributed by atoms with Gasteiger partial charge in [-0.3, -0.25) is 0 Å². The number of nitrogens with zero attached hydrogens (tertiary/aromatic N) is 2. The number of likely N-dealkylation sites (N-methyl/N-ethyl adjacent to an activating group) is 1. The Kier molecular flexibility index (Phi) is 3.65. The van der Waals surface area contributed by atoms with Gasteiger partial charge in [0.05, 0.1) is 0 Å². The van der Waals surface area contributed by atoms with Crippen molar-refractivity contribution in [3.8, 4) is 0 Å². The van der Waals surface area contributed by atoms with Crippen molar-refractivity contribution in [3.05, 3.63) is 0 Å². The van der Waals surface area contributed by atoms with Crippen molar-refractivity contribution < 1.29 is 0 Å². The first-order chi connectivity index (χ1) is 7.24. The Morgan fingerprint density at radius 3 is 2.47 bits per heavy atom. The predicted octanol–water partition coefficient (Wildman–Crippen LogP) is 0.753. The molecule has 0 bridgehead atoms. The minimum atomic E-state index is 0.500. The third-order valence-corrected chi connectivity index (χ3v) is 3.99. The summed E-state index contributed by atoms with van der Waals surface area (Å²) in [5.41, 5.74) is 6.30. The van der Waals surface area contributed by atoms with E-state index < -0.39 is 0 Å². The lowest BCUT2D eigenvalue weighted by Gasteiger charge is -2.25. The van der Waals surface area contributed by atoms with Gasteiger partial charge in [-0.2, -0.15) is 0 Å². The number of rotatable bonds is 6. The van der Waals surface area contributed by atoms with Crippen LogP contribution in [0.5, 0.6) is 0 Å². The zero-order valence-corrected chi connectivity index (χ0v) is 10.0. The third kappa shape index (κ3) is 3.16. The Hall–Kier alpha value is -0.120. The minimum absolute atomic E-state index is 0.500. The van der Waals surface area contributed by atoms with Crippen molar-refractivity contribution in [1.29, 1.82) is 0 Å². The van der Waals surface area contributed by atoms with Crippen LogP contribution in [0.15, 0.2) is 0 Å². The van der Waals surface area contributed by atoms with Crippen LogP contribution in [0.2, 0.25) is 0 Å². The summed E-state index contributed by atoms with van der Waals surface area (Å²) in [6.07, 6.45) is 5.49. The SMILES string of the molecule is CN(CCN1CCCC1)CC1(CN)CC1. The Labute approximate surface area is 93.6 Å². The molecule has 1 aliphatic heterocycles. The lowest BCUT2D eigenvalue weighted by atomic mass is 10.1. The fraction of sp³-hybridized carbons (Fsp3) is 1.00. The largest absolute Gasteiger partial charge is 0.330 e. The first-order valence-corrected chi connectivity index (χ1v) is 6.35. The van der Waals surface area contributed by atoms with Crippen LogP contribution in [0, 0.1) is 5.41 Å². The van der Waals surface area contributed by atoms with Gasteiger partial charge < -0.3 is 15.5 Å². The molecule has 15 heavy (non-hydrogen) atoms. The van der Waals surface area contributed by atoms with Gasteiger partial charge in [-0.25, -0.2) is 0 Å². The molecule has 3 heteroatoms. The van der Waals surface area contributed by atoms with E-state index in [0.29, 0.717) is 5.41 Å². The van der Waals surface area contributed by atoms with Crippen LogP contribution >= 0.6 is 0 Å². The van der Waals surface area contributed by atoms with Gasteiger partial charge in [-0.1, -0.05) is 0 Å². The van der Waals surface area contributed by atoms with Crippen LogP contribution in [0.1, 0.15) is 25.7 Å². The van der Waals surface area contributed by atoms with E-state index in [1.54, 1.807) is 0 Å². The van der Waals surface area contributed by atoms with Crippen molar-refractivity contribution in [2.75, 3.05) is 46.3 Å². The maximum absolute atomic E-state index is 5.80. The van der Waals surface area contributed by atoms with Gasteiger partial charge >= 0.3 is 0 Å². The highest BCUT2D eigenvalue weighted by molar-refractivity contribution is 4.95. The van der Waals surface area contributed by atoms with Crippen LogP contribution < -0.4 is 5.73 Å². The van der Waals surface area contributed by atoms with Crippen LogP contribution in [0.25, 0.3) is 0 Å². The molecular formula is C12H25N3. The van der Waals surface area contributed by atoms with E-state index in [1.165, 1.54) is 58.4 Å². The van der Waals surface area contributed by atoms with E-state index in [9.17, 15) is 0 Å². The summed E-state index contributed by atoms with van der Waals surface area (Å²) in [6, 6.07) is 0. The smallest absolute Gasteiger partial charge is 0.0109 e. The van der Waals surface area contributed by atoms with Crippen molar-refractivity contribution in [1.82, 2.24) is 9.80 Å². The number of hydrogen-bond acceptors (Lipinski definition) is 3. The highest BCUT2D eigenvalue weighted by atomic mass is 15.2. The summed E-state index contributed by atoms with van der Waals surface area (Å²) >= 11 is 0. The van der Waals surface area contributed by atoms with Gasteiger partial charge in [0.1, 0.15) is 0 Å². The second-order valence-electron chi connectivity index (χ2n) is 5.49. The topological polar surface area (TPSA) is 32.5 Å². The molecule has 1 aliphatic carbocycles. The molecule has 2 rings (SSSR count). The van der Waals surface area contributed by atoms with Gasteiger partial charge in [0.15, 0.2) is 0 Å². The summed E-state index contributed by atoms with van der Waals surface area (Å²) in [4.78, 5) is 5.05. The highest BCUT2D eigenvalue weighted by Crippen LogP contribution is 2.44. The van der Waals surface area contributed by atoms with E-state index in [1.807, 2.05) is 0 Å². The van der Waals surface area contributed by atoms with Crippen LogP contribution in [-0.2, 0) is 0 Å². The summed E-state index contributed by atoms with van der Waals surface area (Å²) in [5, 5.41) is 0. The minimum Gasteiger partial charge on any atom is -0.330 e. The molecule has 0 unspecified atom stereocenters. The molecule has 2 fully saturated rings. The molecule has 2 N–H and O–H groups in total. The van der Waals surface area contributed by atoms with Crippen molar-refractivity contribution in [2.45, 2.75) is 25.7 Å². The summed E-state index contributed by atoms with van der Waals surface area (Å²) in [5.74, 6) is 0. The molecule has 0 aromatic carbocycles. The fourth-order valence-electron chi connectivity index (χ4n) is 2.57. The summed E-state index contributed by atoms with van der Waals surface area (Å²) in [6.45, 7) is 7.17. The number of hydrogen-bond donors (Lipinski definition) is 1. The van der Waals surface area contributed by atoms with Gasteiger partial charge in [0.25, 0.3) is 0 Å². The van der Waals surface area contributed by atoms with E-state index >= 15 is 0 Å². The van der Waals surface area contributed by atoms with Gasteiger partial charge in [-0.05, 0) is 57.8 Å². The van der Waals surface area contributed by atoms with E-state index in [0.717, 1.165) is 6.54 Å². The zero-order chi connectivity index (χ0) is 10.7. The molecule has 1 saturated heterocycles. The van der Waals surface area contributed by atoms with Gasteiger partial charge in [0, 0.05) is 19.6 Å². The molecule has 88 valence electrons. The fourth-order valence-corrected chi connectivity index (χ4v) is 2.57. The third-order valence-electron chi connectivity index (χ3n) is 3.99. The summed E-state index contributed by atoms with van der Waals surface area (Å²) in [7, 11) is 2.24. The Morgan fingerprint density at radius 1 is 1.27 bits per heavy atom. The second kappa shape index (κ2) is 4.81. The van der Waals surface area contributed by atoms with Gasteiger partial charge in [-0.15, -0.1) is 0 Å². The lowest BCUT2D eigenvalue weighted by molar-refractivity contribution is 0.224. The number of nitrogens with two attached hydrogens (primary N) is 1. The second-order valence-corrected chi connectivity index (χ2v) is 5.49. The standard InChI is InChI=1S/C12H25N3/c1-14(11-12(10-13)4-5-12)8-9-15-6-2-3-7-15/h2-11,13H2,1H3. The Balaban J connectivity index is 1.61. The first kappa shape index (κ1) is 11.4. The molecule has 2 aliphatic rings. The molecule has 0 aromatic heterocycles. The molecule has 0 amide bonds. The Bertz CT molecular complexity index is 195. The van der Waals surface area contributed by atoms with E-state index in [4.69, 9.17) is 5.73 Å². The van der Waals surface area contributed by atoms with Crippen molar-refractivity contribution in [2.24, 2.45) is 11.1 Å². The maximum Gasteiger partial charge on any atom is 0.0109 e. The summed E-state index contributed by atoms with van der Waals surface area (Å²) < 4.78 is 0. The molecule has 1 heterocycles. The lowest BCUT2D eigenvalue weighted by Crippen LogP contribution is -2.36. The molecule has 0 radical (unpaired) electrons.